The lowest BCUT2D eigenvalue weighted by molar-refractivity contribution is -0.143. The average Bonchev–Trinajstić information content (AvgIpc) is 2.68. The number of ether oxygens (including phenoxy) is 1. The van der Waals surface area contributed by atoms with Crippen LogP contribution in [0.4, 0.5) is 0 Å². The summed E-state index contributed by atoms with van der Waals surface area (Å²) in [5, 5.41) is 15.9. The SMILES string of the molecule is CCO.CCOC(=O)CCc1ccccc1.O=C(O)CCc1ccccc1. The van der Waals surface area contributed by atoms with Crippen molar-refractivity contribution < 1.29 is 24.5 Å². The topological polar surface area (TPSA) is 83.8 Å². The first kappa shape index (κ1) is 24.3. The van der Waals surface area contributed by atoms with Crippen molar-refractivity contribution in [3.63, 3.8) is 0 Å². The van der Waals surface area contributed by atoms with Crippen molar-refractivity contribution in [2.24, 2.45) is 0 Å². The molecule has 0 heterocycles. The van der Waals surface area contributed by atoms with E-state index in [4.69, 9.17) is 14.9 Å². The largest absolute Gasteiger partial charge is 0.481 e. The predicted molar refractivity (Wildman–Crippen MR) is 107 cm³/mol. The zero-order valence-corrected chi connectivity index (χ0v) is 16.1. The van der Waals surface area contributed by atoms with E-state index in [0.29, 0.717) is 19.4 Å². The minimum Gasteiger partial charge on any atom is -0.481 e. The Morgan fingerprint density at radius 1 is 0.815 bits per heavy atom. The maximum atomic E-state index is 11.0. The molecule has 0 aliphatic carbocycles. The number of hydrogen-bond acceptors (Lipinski definition) is 4. The maximum absolute atomic E-state index is 11.0. The van der Waals surface area contributed by atoms with Gasteiger partial charge in [-0.15, -0.1) is 0 Å². The Hall–Kier alpha value is -2.66. The summed E-state index contributed by atoms with van der Waals surface area (Å²) in [5.74, 6) is -0.861. The van der Waals surface area contributed by atoms with Gasteiger partial charge in [-0.1, -0.05) is 60.7 Å². The van der Waals surface area contributed by atoms with Gasteiger partial charge in [-0.3, -0.25) is 9.59 Å². The Kier molecular flexibility index (Phi) is 15.1. The Labute approximate surface area is 161 Å². The third-order valence-corrected chi connectivity index (χ3v) is 3.24. The van der Waals surface area contributed by atoms with Crippen LogP contribution in [-0.4, -0.2) is 35.4 Å². The van der Waals surface area contributed by atoms with Crippen molar-refractivity contribution in [3.8, 4) is 0 Å². The normalized spacial score (nSPS) is 9.15. The second-order valence-corrected chi connectivity index (χ2v) is 5.49. The van der Waals surface area contributed by atoms with Crippen LogP contribution in [0.1, 0.15) is 37.8 Å². The van der Waals surface area contributed by atoms with Gasteiger partial charge in [0.05, 0.1) is 6.61 Å². The van der Waals surface area contributed by atoms with E-state index in [9.17, 15) is 9.59 Å². The quantitative estimate of drug-likeness (QED) is 0.719. The Morgan fingerprint density at radius 3 is 1.59 bits per heavy atom. The molecule has 27 heavy (non-hydrogen) atoms. The highest BCUT2D eigenvalue weighted by atomic mass is 16.5. The molecule has 148 valence electrons. The number of hydrogen-bond donors (Lipinski definition) is 2. The molecule has 0 fully saturated rings. The fourth-order valence-electron chi connectivity index (χ4n) is 2.02. The molecule has 0 aromatic heterocycles. The van der Waals surface area contributed by atoms with Gasteiger partial charge in [-0.05, 0) is 37.8 Å². The van der Waals surface area contributed by atoms with Gasteiger partial charge in [0.1, 0.15) is 0 Å². The van der Waals surface area contributed by atoms with Crippen LogP contribution in [0.2, 0.25) is 0 Å². The summed E-state index contributed by atoms with van der Waals surface area (Å²) >= 11 is 0. The molecule has 0 saturated heterocycles. The van der Waals surface area contributed by atoms with Crippen LogP contribution >= 0.6 is 0 Å². The summed E-state index contributed by atoms with van der Waals surface area (Å²) in [4.78, 5) is 21.2. The minimum absolute atomic E-state index is 0.119. The van der Waals surface area contributed by atoms with Crippen LogP contribution in [0.25, 0.3) is 0 Å². The molecule has 2 N–H and O–H groups in total. The molecule has 0 amide bonds. The monoisotopic (exact) mass is 374 g/mol. The van der Waals surface area contributed by atoms with E-state index < -0.39 is 5.97 Å². The lowest BCUT2D eigenvalue weighted by atomic mass is 10.1. The van der Waals surface area contributed by atoms with E-state index in [1.165, 1.54) is 5.56 Å². The molecule has 2 aromatic carbocycles. The molecule has 5 nitrogen and oxygen atoms in total. The first-order valence-corrected chi connectivity index (χ1v) is 9.09. The van der Waals surface area contributed by atoms with Crippen molar-refractivity contribution in [3.05, 3.63) is 71.8 Å². The van der Waals surface area contributed by atoms with E-state index in [0.717, 1.165) is 12.0 Å². The van der Waals surface area contributed by atoms with E-state index in [1.807, 2.05) is 67.6 Å². The highest BCUT2D eigenvalue weighted by Crippen LogP contribution is 2.03. The molecular weight excluding hydrogens is 344 g/mol. The zero-order chi connectivity index (χ0) is 20.3. The second kappa shape index (κ2) is 16.8. The molecule has 0 saturated carbocycles. The summed E-state index contributed by atoms with van der Waals surface area (Å²) in [6, 6.07) is 19.6. The van der Waals surface area contributed by atoms with E-state index in [1.54, 1.807) is 6.92 Å². The van der Waals surface area contributed by atoms with Gasteiger partial charge in [0.2, 0.25) is 0 Å². The van der Waals surface area contributed by atoms with E-state index >= 15 is 0 Å². The molecule has 0 aliphatic rings. The van der Waals surface area contributed by atoms with Crippen molar-refractivity contribution in [2.45, 2.75) is 39.5 Å². The van der Waals surface area contributed by atoms with Gasteiger partial charge in [0.25, 0.3) is 0 Å². The summed E-state index contributed by atoms with van der Waals surface area (Å²) in [5.41, 5.74) is 2.26. The number of rotatable bonds is 7. The molecule has 0 atom stereocenters. The van der Waals surface area contributed by atoms with Crippen LogP contribution in [0.3, 0.4) is 0 Å². The van der Waals surface area contributed by atoms with Gasteiger partial charge in [0.15, 0.2) is 0 Å². The minimum atomic E-state index is -0.742. The van der Waals surface area contributed by atoms with Gasteiger partial charge in [-0.25, -0.2) is 0 Å². The molecule has 0 unspecified atom stereocenters. The fourth-order valence-corrected chi connectivity index (χ4v) is 2.02. The van der Waals surface area contributed by atoms with E-state index in [-0.39, 0.29) is 19.0 Å². The molecular formula is C22H30O5. The number of esters is 1. The number of carbonyl (C=O) groups excluding carboxylic acids is 1. The summed E-state index contributed by atoms with van der Waals surface area (Å²) < 4.78 is 4.82. The molecule has 5 heteroatoms. The van der Waals surface area contributed by atoms with Crippen LogP contribution < -0.4 is 0 Å². The highest BCUT2D eigenvalue weighted by molar-refractivity contribution is 5.69. The number of aliphatic hydroxyl groups is 1. The number of aliphatic hydroxyl groups excluding tert-OH is 1. The van der Waals surface area contributed by atoms with Gasteiger partial charge < -0.3 is 14.9 Å². The molecule has 0 spiro atoms. The molecule has 0 bridgehead atoms. The lowest BCUT2D eigenvalue weighted by Gasteiger charge is -2.01. The third-order valence-electron chi connectivity index (χ3n) is 3.24. The van der Waals surface area contributed by atoms with Crippen LogP contribution in [-0.2, 0) is 27.2 Å². The zero-order valence-electron chi connectivity index (χ0n) is 16.1. The van der Waals surface area contributed by atoms with Crippen LogP contribution in [0.5, 0.6) is 0 Å². The average molecular weight is 374 g/mol. The lowest BCUT2D eigenvalue weighted by Crippen LogP contribution is -2.04. The molecule has 2 rings (SSSR count). The van der Waals surface area contributed by atoms with Gasteiger partial charge in [-0.2, -0.15) is 0 Å². The number of carboxylic acids is 1. The predicted octanol–water partition coefficient (Wildman–Crippen LogP) is 3.88. The second-order valence-electron chi connectivity index (χ2n) is 5.49. The highest BCUT2D eigenvalue weighted by Gasteiger charge is 2.01. The standard InChI is InChI=1S/C11H14O2.C9H10O2.C2H6O/c1-2-13-11(12)9-8-10-6-4-3-5-7-10;10-9(11)7-6-8-4-2-1-3-5-8;1-2-3/h3-7H,2,8-9H2,1H3;1-5H,6-7H2,(H,10,11);3H,2H2,1H3. The summed E-state index contributed by atoms with van der Waals surface area (Å²) in [6.45, 7) is 4.22. The first-order valence-electron chi connectivity index (χ1n) is 9.09. The van der Waals surface area contributed by atoms with E-state index in [2.05, 4.69) is 0 Å². The van der Waals surface area contributed by atoms with Crippen LogP contribution in [0, 0.1) is 0 Å². The smallest absolute Gasteiger partial charge is 0.306 e. The molecule has 2 aromatic rings. The van der Waals surface area contributed by atoms with Crippen molar-refractivity contribution in [1.29, 1.82) is 0 Å². The number of carbonyl (C=O) groups is 2. The van der Waals surface area contributed by atoms with Gasteiger partial charge in [0, 0.05) is 19.4 Å². The van der Waals surface area contributed by atoms with Crippen molar-refractivity contribution >= 4 is 11.9 Å². The fraction of sp³-hybridized carbons (Fsp3) is 0.364. The number of aliphatic carboxylic acids is 1. The Morgan fingerprint density at radius 2 is 1.22 bits per heavy atom. The summed E-state index contributed by atoms with van der Waals surface area (Å²) in [6.07, 6.45) is 2.07. The third kappa shape index (κ3) is 15.3. The number of aryl methyl sites for hydroxylation is 2. The number of carboxylic acid groups (broad SMARTS) is 1. The molecule has 0 aliphatic heterocycles. The maximum Gasteiger partial charge on any atom is 0.306 e. The first-order chi connectivity index (χ1) is 13.0. The Balaban J connectivity index is 0.000000442. The number of benzene rings is 2. The molecule has 0 radical (unpaired) electrons. The van der Waals surface area contributed by atoms with Crippen LogP contribution in [0.15, 0.2) is 60.7 Å². The van der Waals surface area contributed by atoms with Gasteiger partial charge >= 0.3 is 11.9 Å². The van der Waals surface area contributed by atoms with Crippen molar-refractivity contribution in [2.75, 3.05) is 13.2 Å². The van der Waals surface area contributed by atoms with Crippen molar-refractivity contribution in [1.82, 2.24) is 0 Å². The Bertz CT molecular complexity index is 611. The summed E-state index contributed by atoms with van der Waals surface area (Å²) in [7, 11) is 0.